The molecule has 2 nitrogen and oxygen atoms in total. The Morgan fingerprint density at radius 3 is 2.35 bits per heavy atom. The van der Waals surface area contributed by atoms with Gasteiger partial charge >= 0.3 is 0 Å². The second-order valence-electron chi connectivity index (χ2n) is 6.39. The smallest absolute Gasteiger partial charge is 0.0102 e. The van der Waals surface area contributed by atoms with Gasteiger partial charge in [0.1, 0.15) is 0 Å². The van der Waals surface area contributed by atoms with E-state index in [1.807, 2.05) is 0 Å². The minimum absolute atomic E-state index is 0.357. The second kappa shape index (κ2) is 6.75. The van der Waals surface area contributed by atoms with Gasteiger partial charge in [-0.2, -0.15) is 0 Å². The van der Waals surface area contributed by atoms with E-state index >= 15 is 0 Å². The summed E-state index contributed by atoms with van der Waals surface area (Å²) in [6, 6.07) is 0.586. The van der Waals surface area contributed by atoms with Crippen LogP contribution >= 0.6 is 0 Å². The van der Waals surface area contributed by atoms with Crippen LogP contribution in [0.25, 0.3) is 0 Å². The van der Waals surface area contributed by atoms with Crippen LogP contribution in [0.3, 0.4) is 0 Å². The Labute approximate surface area is 108 Å². The van der Waals surface area contributed by atoms with Crippen LogP contribution in [0.1, 0.15) is 53.9 Å². The van der Waals surface area contributed by atoms with Crippen LogP contribution < -0.4 is 5.32 Å². The molecular weight excluding hydrogens is 208 g/mol. The van der Waals surface area contributed by atoms with Gasteiger partial charge in [-0.1, -0.05) is 34.1 Å². The molecule has 1 aliphatic carbocycles. The van der Waals surface area contributed by atoms with Crippen LogP contribution in [0.15, 0.2) is 0 Å². The minimum Gasteiger partial charge on any atom is -0.314 e. The van der Waals surface area contributed by atoms with E-state index in [9.17, 15) is 0 Å². The van der Waals surface area contributed by atoms with E-state index < -0.39 is 0 Å². The van der Waals surface area contributed by atoms with Crippen molar-refractivity contribution in [3.8, 4) is 0 Å². The highest BCUT2D eigenvalue weighted by Gasteiger charge is 2.29. The fourth-order valence-corrected chi connectivity index (χ4v) is 2.64. The van der Waals surface area contributed by atoms with Gasteiger partial charge in [-0.15, -0.1) is 0 Å². The van der Waals surface area contributed by atoms with Crippen LogP contribution in [-0.2, 0) is 0 Å². The third kappa shape index (κ3) is 4.59. The molecule has 1 aliphatic rings. The average Bonchev–Trinajstić information content (AvgIpc) is 2.21. The second-order valence-corrected chi connectivity index (χ2v) is 6.39. The van der Waals surface area contributed by atoms with E-state index in [1.165, 1.54) is 38.9 Å². The van der Waals surface area contributed by atoms with Crippen molar-refractivity contribution in [3.63, 3.8) is 0 Å². The standard InChI is InChI=1S/C15H32N2/c1-6-16-13(3)15(4,5)12-17(7-2)11-14-9-8-10-14/h13-14,16H,6-12H2,1-5H3. The van der Waals surface area contributed by atoms with Gasteiger partial charge in [0, 0.05) is 19.1 Å². The van der Waals surface area contributed by atoms with Gasteiger partial charge in [0.2, 0.25) is 0 Å². The molecule has 1 saturated carbocycles. The quantitative estimate of drug-likeness (QED) is 0.701. The monoisotopic (exact) mass is 240 g/mol. The van der Waals surface area contributed by atoms with Gasteiger partial charge in [-0.3, -0.25) is 0 Å². The summed E-state index contributed by atoms with van der Waals surface area (Å²) < 4.78 is 0. The van der Waals surface area contributed by atoms with Crippen LogP contribution in [-0.4, -0.2) is 37.1 Å². The molecule has 1 fully saturated rings. The predicted molar refractivity (Wildman–Crippen MR) is 76.4 cm³/mol. The van der Waals surface area contributed by atoms with Crippen molar-refractivity contribution in [1.29, 1.82) is 0 Å². The molecule has 0 aromatic heterocycles. The zero-order chi connectivity index (χ0) is 12.9. The van der Waals surface area contributed by atoms with E-state index in [0.717, 1.165) is 12.5 Å². The van der Waals surface area contributed by atoms with Crippen molar-refractivity contribution in [2.24, 2.45) is 11.3 Å². The Balaban J connectivity index is 2.40. The summed E-state index contributed by atoms with van der Waals surface area (Å²) in [5.74, 6) is 0.986. The normalized spacial score (nSPS) is 19.4. The van der Waals surface area contributed by atoms with E-state index in [1.54, 1.807) is 0 Å². The molecule has 0 amide bonds. The first-order chi connectivity index (χ1) is 7.99. The molecule has 0 radical (unpaired) electrons. The summed E-state index contributed by atoms with van der Waals surface area (Å²) in [7, 11) is 0. The highest BCUT2D eigenvalue weighted by atomic mass is 15.1. The predicted octanol–water partition coefficient (Wildman–Crippen LogP) is 3.13. The zero-order valence-corrected chi connectivity index (χ0v) is 12.6. The fraction of sp³-hybridized carbons (Fsp3) is 1.00. The van der Waals surface area contributed by atoms with Gasteiger partial charge in [0.05, 0.1) is 0 Å². The highest BCUT2D eigenvalue weighted by Crippen LogP contribution is 2.29. The molecule has 0 bridgehead atoms. The first kappa shape index (κ1) is 15.0. The molecule has 0 spiro atoms. The molecule has 1 rings (SSSR count). The third-order valence-corrected chi connectivity index (χ3v) is 4.50. The van der Waals surface area contributed by atoms with Crippen molar-refractivity contribution in [2.75, 3.05) is 26.2 Å². The van der Waals surface area contributed by atoms with Crippen molar-refractivity contribution in [2.45, 2.75) is 59.9 Å². The number of hydrogen-bond donors (Lipinski definition) is 1. The number of nitrogens with one attached hydrogen (secondary N) is 1. The molecule has 1 N–H and O–H groups in total. The maximum Gasteiger partial charge on any atom is 0.0102 e. The largest absolute Gasteiger partial charge is 0.314 e. The Kier molecular flexibility index (Phi) is 5.94. The van der Waals surface area contributed by atoms with Crippen molar-refractivity contribution >= 4 is 0 Å². The van der Waals surface area contributed by atoms with Crippen molar-refractivity contribution in [1.82, 2.24) is 10.2 Å². The lowest BCUT2D eigenvalue weighted by atomic mass is 9.82. The van der Waals surface area contributed by atoms with Crippen molar-refractivity contribution in [3.05, 3.63) is 0 Å². The molecule has 2 heteroatoms. The lowest BCUT2D eigenvalue weighted by Gasteiger charge is -2.39. The highest BCUT2D eigenvalue weighted by molar-refractivity contribution is 4.85. The summed E-state index contributed by atoms with van der Waals surface area (Å²) in [6.07, 6.45) is 4.37. The maximum absolute atomic E-state index is 3.57. The number of hydrogen-bond acceptors (Lipinski definition) is 2. The molecule has 0 heterocycles. The van der Waals surface area contributed by atoms with Crippen LogP contribution in [0.2, 0.25) is 0 Å². The Morgan fingerprint density at radius 1 is 1.29 bits per heavy atom. The molecule has 0 aliphatic heterocycles. The van der Waals surface area contributed by atoms with E-state index in [0.29, 0.717) is 11.5 Å². The summed E-state index contributed by atoms with van der Waals surface area (Å²) >= 11 is 0. The first-order valence-corrected chi connectivity index (χ1v) is 7.45. The van der Waals surface area contributed by atoms with Gasteiger partial charge in [0.15, 0.2) is 0 Å². The molecule has 102 valence electrons. The summed E-state index contributed by atoms with van der Waals surface area (Å²) in [4.78, 5) is 2.65. The number of nitrogens with zero attached hydrogens (tertiary/aromatic N) is 1. The lowest BCUT2D eigenvalue weighted by molar-refractivity contribution is 0.113. The van der Waals surface area contributed by atoms with Gasteiger partial charge in [-0.25, -0.2) is 0 Å². The first-order valence-electron chi connectivity index (χ1n) is 7.45. The Bertz CT molecular complexity index is 209. The third-order valence-electron chi connectivity index (χ3n) is 4.50. The molecule has 1 unspecified atom stereocenters. The van der Waals surface area contributed by atoms with E-state index in [4.69, 9.17) is 0 Å². The van der Waals surface area contributed by atoms with Gasteiger partial charge in [0.25, 0.3) is 0 Å². The zero-order valence-electron chi connectivity index (χ0n) is 12.6. The topological polar surface area (TPSA) is 15.3 Å². The lowest BCUT2D eigenvalue weighted by Crippen LogP contribution is -2.48. The van der Waals surface area contributed by atoms with E-state index in [-0.39, 0.29) is 0 Å². The maximum atomic E-state index is 3.57. The summed E-state index contributed by atoms with van der Waals surface area (Å²) in [6.45, 7) is 16.4. The van der Waals surface area contributed by atoms with Crippen LogP contribution in [0, 0.1) is 11.3 Å². The van der Waals surface area contributed by atoms with Gasteiger partial charge in [-0.05, 0) is 44.2 Å². The summed E-state index contributed by atoms with van der Waals surface area (Å²) in [5, 5.41) is 3.57. The summed E-state index contributed by atoms with van der Waals surface area (Å²) in [5.41, 5.74) is 0.357. The molecule has 0 aromatic rings. The molecule has 17 heavy (non-hydrogen) atoms. The van der Waals surface area contributed by atoms with E-state index in [2.05, 4.69) is 44.8 Å². The molecular formula is C15H32N2. The van der Waals surface area contributed by atoms with Gasteiger partial charge < -0.3 is 10.2 Å². The molecule has 0 saturated heterocycles. The SMILES string of the molecule is CCNC(C)C(C)(C)CN(CC)CC1CCC1. The fourth-order valence-electron chi connectivity index (χ4n) is 2.64. The minimum atomic E-state index is 0.357. The van der Waals surface area contributed by atoms with Crippen LogP contribution in [0.5, 0.6) is 0 Å². The Morgan fingerprint density at radius 2 is 1.94 bits per heavy atom. The number of rotatable bonds is 8. The van der Waals surface area contributed by atoms with Crippen molar-refractivity contribution < 1.29 is 0 Å². The molecule has 0 aromatic carbocycles. The molecule has 1 atom stereocenters. The van der Waals surface area contributed by atoms with Crippen LogP contribution in [0.4, 0.5) is 0 Å². The average molecular weight is 240 g/mol. The Hall–Kier alpha value is -0.0800.